The minimum absolute atomic E-state index is 0.648. The third-order valence-corrected chi connectivity index (χ3v) is 2.45. The highest BCUT2D eigenvalue weighted by Gasteiger charge is 2.17. The molecule has 0 aromatic rings. The molecule has 65 valence electrons. The fourth-order valence-electron chi connectivity index (χ4n) is 1.62. The smallest absolute Gasteiger partial charge is 0.0373 e. The topological polar surface area (TPSA) is 17.3 Å². The summed E-state index contributed by atoms with van der Waals surface area (Å²) >= 11 is 0. The Hall–Kier alpha value is -0.0800. The first-order valence-electron chi connectivity index (χ1n) is 4.75. The molecular formula is C9H19N2. The number of hydrogen-bond donors (Lipinski definition) is 0. The zero-order chi connectivity index (χ0) is 8.10. The third-order valence-electron chi connectivity index (χ3n) is 2.45. The minimum atomic E-state index is 0.648. The van der Waals surface area contributed by atoms with Crippen molar-refractivity contribution in [1.29, 1.82) is 0 Å². The molecule has 0 aromatic heterocycles. The van der Waals surface area contributed by atoms with Gasteiger partial charge in [-0.15, -0.1) is 0 Å². The highest BCUT2D eigenvalue weighted by molar-refractivity contribution is 4.76. The molecule has 1 radical (unpaired) electrons. The number of nitrogens with zero attached hydrogens (tertiary/aromatic N) is 2. The molecule has 1 fully saturated rings. The van der Waals surface area contributed by atoms with E-state index in [4.69, 9.17) is 0 Å². The van der Waals surface area contributed by atoms with E-state index in [1.165, 1.54) is 32.5 Å². The van der Waals surface area contributed by atoms with Gasteiger partial charge in [-0.25, -0.2) is 5.32 Å². The predicted octanol–water partition coefficient (Wildman–Crippen LogP) is 1.09. The Morgan fingerprint density at radius 2 is 2.09 bits per heavy atom. The maximum atomic E-state index is 4.53. The van der Waals surface area contributed by atoms with Crippen LogP contribution in [0, 0.1) is 0 Å². The first kappa shape index (κ1) is 9.01. The van der Waals surface area contributed by atoms with Crippen molar-refractivity contribution in [2.24, 2.45) is 0 Å². The van der Waals surface area contributed by atoms with E-state index in [-0.39, 0.29) is 0 Å². The molecule has 1 atom stereocenters. The van der Waals surface area contributed by atoms with Crippen LogP contribution in [0.5, 0.6) is 0 Å². The van der Waals surface area contributed by atoms with E-state index >= 15 is 0 Å². The van der Waals surface area contributed by atoms with Crippen molar-refractivity contribution in [3.05, 3.63) is 0 Å². The number of likely N-dealkylation sites (N-methyl/N-ethyl adjacent to an activating group) is 1. The van der Waals surface area contributed by atoms with E-state index in [9.17, 15) is 0 Å². The Morgan fingerprint density at radius 3 is 2.55 bits per heavy atom. The first-order chi connectivity index (χ1) is 5.36. The van der Waals surface area contributed by atoms with Crippen LogP contribution in [0.1, 0.15) is 26.7 Å². The molecule has 0 aromatic carbocycles. The Labute approximate surface area is 70.0 Å². The zero-order valence-electron chi connectivity index (χ0n) is 7.71. The third kappa shape index (κ3) is 2.80. The molecule has 2 heteroatoms. The van der Waals surface area contributed by atoms with Crippen LogP contribution in [0.4, 0.5) is 0 Å². The van der Waals surface area contributed by atoms with Gasteiger partial charge in [0.1, 0.15) is 0 Å². The summed E-state index contributed by atoms with van der Waals surface area (Å²) < 4.78 is 0. The van der Waals surface area contributed by atoms with Crippen LogP contribution in [-0.2, 0) is 0 Å². The van der Waals surface area contributed by atoms with Crippen molar-refractivity contribution in [3.8, 4) is 0 Å². The molecule has 0 unspecified atom stereocenters. The van der Waals surface area contributed by atoms with Gasteiger partial charge in [0.05, 0.1) is 0 Å². The van der Waals surface area contributed by atoms with Crippen LogP contribution in [0.2, 0.25) is 0 Å². The second-order valence-electron chi connectivity index (χ2n) is 3.19. The highest BCUT2D eigenvalue weighted by atomic mass is 15.1. The molecule has 1 rings (SSSR count). The standard InChI is InChI=1S/C9H19N2/c1-3-11(4-2)8-9-6-5-7-10-9/h9H,3-8H2,1-2H3/t9-/m1/s1. The van der Waals surface area contributed by atoms with Gasteiger partial charge in [0, 0.05) is 19.1 Å². The normalized spacial score (nSPS) is 24.8. The average Bonchev–Trinajstić information content (AvgIpc) is 2.52. The van der Waals surface area contributed by atoms with Gasteiger partial charge >= 0.3 is 0 Å². The van der Waals surface area contributed by atoms with Gasteiger partial charge in [-0.3, -0.25) is 0 Å². The van der Waals surface area contributed by atoms with Crippen molar-refractivity contribution in [2.75, 3.05) is 26.2 Å². The second-order valence-corrected chi connectivity index (χ2v) is 3.19. The van der Waals surface area contributed by atoms with Crippen molar-refractivity contribution in [2.45, 2.75) is 32.7 Å². The van der Waals surface area contributed by atoms with Crippen LogP contribution in [-0.4, -0.2) is 37.1 Å². The van der Waals surface area contributed by atoms with Crippen molar-refractivity contribution in [3.63, 3.8) is 0 Å². The first-order valence-corrected chi connectivity index (χ1v) is 4.75. The summed E-state index contributed by atoms with van der Waals surface area (Å²) in [5.41, 5.74) is 0. The van der Waals surface area contributed by atoms with Gasteiger partial charge in [0.25, 0.3) is 0 Å². The van der Waals surface area contributed by atoms with E-state index in [0.717, 1.165) is 6.54 Å². The van der Waals surface area contributed by atoms with Crippen molar-refractivity contribution < 1.29 is 0 Å². The van der Waals surface area contributed by atoms with E-state index in [1.807, 2.05) is 0 Å². The van der Waals surface area contributed by atoms with Crippen LogP contribution < -0.4 is 5.32 Å². The monoisotopic (exact) mass is 155 g/mol. The molecule has 0 amide bonds. The lowest BCUT2D eigenvalue weighted by Gasteiger charge is -2.21. The van der Waals surface area contributed by atoms with Crippen LogP contribution in [0.25, 0.3) is 0 Å². The van der Waals surface area contributed by atoms with Gasteiger partial charge in [0.2, 0.25) is 0 Å². The van der Waals surface area contributed by atoms with E-state index < -0.39 is 0 Å². The fourth-order valence-corrected chi connectivity index (χ4v) is 1.62. The van der Waals surface area contributed by atoms with E-state index in [0.29, 0.717) is 6.04 Å². The van der Waals surface area contributed by atoms with Crippen molar-refractivity contribution in [1.82, 2.24) is 10.2 Å². The lowest BCUT2D eigenvalue weighted by Crippen LogP contribution is -2.34. The summed E-state index contributed by atoms with van der Waals surface area (Å²) in [6, 6.07) is 0.648. The SMILES string of the molecule is CCN(CC)C[C@H]1CCC[N]1. The summed E-state index contributed by atoms with van der Waals surface area (Å²) in [6.07, 6.45) is 2.63. The van der Waals surface area contributed by atoms with Crippen LogP contribution in [0.15, 0.2) is 0 Å². The molecule has 1 aliphatic heterocycles. The molecule has 0 saturated carbocycles. The molecule has 0 N–H and O–H groups in total. The molecule has 0 bridgehead atoms. The summed E-state index contributed by atoms with van der Waals surface area (Å²) in [5.74, 6) is 0. The number of hydrogen-bond acceptors (Lipinski definition) is 1. The lowest BCUT2D eigenvalue weighted by molar-refractivity contribution is 0.273. The molecule has 0 aliphatic carbocycles. The largest absolute Gasteiger partial charge is 0.302 e. The van der Waals surface area contributed by atoms with Crippen molar-refractivity contribution >= 4 is 0 Å². The zero-order valence-corrected chi connectivity index (χ0v) is 7.71. The summed E-state index contributed by atoms with van der Waals surface area (Å²) in [7, 11) is 0. The van der Waals surface area contributed by atoms with Gasteiger partial charge in [-0.05, 0) is 25.9 Å². The van der Waals surface area contributed by atoms with Gasteiger partial charge in [-0.2, -0.15) is 0 Å². The van der Waals surface area contributed by atoms with E-state index in [1.54, 1.807) is 0 Å². The predicted molar refractivity (Wildman–Crippen MR) is 47.8 cm³/mol. The Kier molecular flexibility index (Phi) is 3.87. The maximum absolute atomic E-state index is 4.53. The number of rotatable bonds is 4. The van der Waals surface area contributed by atoms with Gasteiger partial charge in [0.15, 0.2) is 0 Å². The Bertz CT molecular complexity index is 93.7. The Balaban J connectivity index is 2.16. The molecule has 1 aliphatic rings. The van der Waals surface area contributed by atoms with Crippen LogP contribution in [0.3, 0.4) is 0 Å². The maximum Gasteiger partial charge on any atom is 0.0373 e. The Morgan fingerprint density at radius 1 is 1.36 bits per heavy atom. The van der Waals surface area contributed by atoms with E-state index in [2.05, 4.69) is 24.1 Å². The average molecular weight is 155 g/mol. The van der Waals surface area contributed by atoms with Gasteiger partial charge < -0.3 is 4.90 Å². The summed E-state index contributed by atoms with van der Waals surface area (Å²) in [4.78, 5) is 2.46. The van der Waals surface area contributed by atoms with Crippen LogP contribution >= 0.6 is 0 Å². The minimum Gasteiger partial charge on any atom is -0.302 e. The quantitative estimate of drug-likeness (QED) is 0.594. The summed E-state index contributed by atoms with van der Waals surface area (Å²) in [6.45, 7) is 9.07. The summed E-state index contributed by atoms with van der Waals surface area (Å²) in [5, 5.41) is 4.53. The molecular weight excluding hydrogens is 136 g/mol. The second kappa shape index (κ2) is 4.73. The fraction of sp³-hybridized carbons (Fsp3) is 1.00. The highest BCUT2D eigenvalue weighted by Crippen LogP contribution is 2.08. The molecule has 2 nitrogen and oxygen atoms in total. The molecule has 1 saturated heterocycles. The lowest BCUT2D eigenvalue weighted by atomic mass is 10.2. The molecule has 11 heavy (non-hydrogen) atoms. The van der Waals surface area contributed by atoms with Gasteiger partial charge in [-0.1, -0.05) is 13.8 Å². The molecule has 1 heterocycles. The molecule has 0 spiro atoms.